The Morgan fingerprint density at radius 3 is 2.86 bits per heavy atom. The van der Waals surface area contributed by atoms with E-state index in [2.05, 4.69) is 39.2 Å². The van der Waals surface area contributed by atoms with E-state index in [1.54, 1.807) is 0 Å². The average molecular weight is 407 g/mol. The summed E-state index contributed by atoms with van der Waals surface area (Å²) in [4.78, 5) is 6.91. The molecule has 1 unspecified atom stereocenters. The van der Waals surface area contributed by atoms with E-state index in [0.29, 0.717) is 24.3 Å². The third kappa shape index (κ3) is 3.83. The van der Waals surface area contributed by atoms with Crippen molar-refractivity contribution in [2.24, 2.45) is 0 Å². The van der Waals surface area contributed by atoms with Crippen LogP contribution < -0.4 is 9.47 Å². The predicted molar refractivity (Wildman–Crippen MR) is 114 cm³/mol. The number of hydrogen-bond acceptors (Lipinski definition) is 5. The van der Waals surface area contributed by atoms with Gasteiger partial charge in [0.25, 0.3) is 0 Å². The molecule has 2 aromatic carbocycles. The first-order valence-corrected chi connectivity index (χ1v) is 10.2. The Balaban J connectivity index is 1.32. The monoisotopic (exact) mass is 406 g/mol. The Labute approximate surface area is 174 Å². The van der Waals surface area contributed by atoms with E-state index in [4.69, 9.17) is 21.7 Å². The Morgan fingerprint density at radius 2 is 1.97 bits per heavy atom. The molecule has 6 nitrogen and oxygen atoms in total. The maximum atomic E-state index is 5.55. The lowest BCUT2D eigenvalue weighted by Crippen LogP contribution is -2.26. The molecule has 148 valence electrons. The van der Waals surface area contributed by atoms with Crippen LogP contribution in [-0.4, -0.2) is 33.0 Å². The van der Waals surface area contributed by atoms with Gasteiger partial charge < -0.3 is 9.47 Å². The summed E-state index contributed by atoms with van der Waals surface area (Å²) in [6.07, 6.45) is 6.26. The van der Waals surface area contributed by atoms with Crippen molar-refractivity contribution in [3.05, 3.63) is 70.3 Å². The number of nitrogens with zero attached hydrogens (tertiary/aromatic N) is 3. The van der Waals surface area contributed by atoms with E-state index >= 15 is 0 Å². The molecule has 1 aromatic heterocycles. The van der Waals surface area contributed by atoms with Gasteiger partial charge in [-0.05, 0) is 54.4 Å². The number of nitrogens with one attached hydrogen (secondary N) is 1. The second-order valence-electron chi connectivity index (χ2n) is 7.29. The van der Waals surface area contributed by atoms with E-state index in [1.807, 2.05) is 41.1 Å². The molecule has 0 radical (unpaired) electrons. The maximum Gasteiger partial charge on any atom is 0.231 e. The van der Waals surface area contributed by atoms with E-state index in [0.717, 1.165) is 42.3 Å². The molecule has 0 saturated carbocycles. The maximum absolute atomic E-state index is 5.55. The van der Waals surface area contributed by atoms with E-state index in [9.17, 15) is 0 Å². The number of fused-ring (bicyclic) bond motifs is 1. The highest BCUT2D eigenvalue weighted by molar-refractivity contribution is 7.71. The van der Waals surface area contributed by atoms with Crippen LogP contribution in [-0.2, 0) is 6.67 Å². The molecule has 0 spiro atoms. The van der Waals surface area contributed by atoms with Crippen LogP contribution in [0.15, 0.2) is 48.5 Å². The molecular formula is C22H22N4O2S. The number of aromatic nitrogens is 3. The van der Waals surface area contributed by atoms with Gasteiger partial charge >= 0.3 is 0 Å². The number of H-pyrrole nitrogens is 1. The number of rotatable bonds is 5. The molecule has 7 heteroatoms. The van der Waals surface area contributed by atoms with E-state index in [-0.39, 0.29) is 0 Å². The molecule has 1 atom stereocenters. The lowest BCUT2D eigenvalue weighted by atomic mass is 10.0. The fraction of sp³-hybridized carbons (Fsp3) is 0.273. The molecular weight excluding hydrogens is 384 g/mol. The minimum atomic E-state index is 0.301. The van der Waals surface area contributed by atoms with Gasteiger partial charge in [-0.2, -0.15) is 4.98 Å². The minimum Gasteiger partial charge on any atom is -0.454 e. The van der Waals surface area contributed by atoms with E-state index < -0.39 is 0 Å². The molecule has 2 aliphatic rings. The van der Waals surface area contributed by atoms with Gasteiger partial charge in [-0.1, -0.05) is 42.5 Å². The highest BCUT2D eigenvalue weighted by Gasteiger charge is 2.28. The molecule has 29 heavy (non-hydrogen) atoms. The SMILES string of the molecule is S=c1nc(/C=C/c2ccccc2)[nH]n1CN1CCCC1c1ccc2c(c1)OCO2. The van der Waals surface area contributed by atoms with Crippen LogP contribution in [0.4, 0.5) is 0 Å². The average Bonchev–Trinajstić information content (AvgIpc) is 3.47. The van der Waals surface area contributed by atoms with Crippen molar-refractivity contribution in [3.63, 3.8) is 0 Å². The number of hydrogen-bond donors (Lipinski definition) is 1. The molecule has 1 N–H and O–H groups in total. The summed E-state index contributed by atoms with van der Waals surface area (Å²) in [5.74, 6) is 2.42. The summed E-state index contributed by atoms with van der Waals surface area (Å²) >= 11 is 5.48. The predicted octanol–water partition coefficient (Wildman–Crippen LogP) is 4.63. The Morgan fingerprint density at radius 1 is 1.10 bits per heavy atom. The summed E-state index contributed by atoms with van der Waals surface area (Å²) in [5, 5.41) is 3.32. The number of likely N-dealkylation sites (tertiary alicyclic amines) is 1. The zero-order valence-corrected chi connectivity index (χ0v) is 16.8. The van der Waals surface area contributed by atoms with Crippen LogP contribution in [0.2, 0.25) is 0 Å². The highest BCUT2D eigenvalue weighted by Crippen LogP contribution is 2.39. The first kappa shape index (κ1) is 18.1. The Hall–Kier alpha value is -2.90. The molecule has 3 aromatic rings. The molecule has 3 heterocycles. The fourth-order valence-corrected chi connectivity index (χ4v) is 4.16. The first-order valence-electron chi connectivity index (χ1n) is 9.80. The van der Waals surface area contributed by atoms with Crippen LogP contribution in [0.3, 0.4) is 0 Å². The molecule has 0 bridgehead atoms. The van der Waals surface area contributed by atoms with Crippen molar-refractivity contribution in [3.8, 4) is 11.5 Å². The first-order chi connectivity index (χ1) is 14.3. The van der Waals surface area contributed by atoms with Gasteiger partial charge in [0.15, 0.2) is 11.5 Å². The Bertz CT molecular complexity index is 1090. The van der Waals surface area contributed by atoms with Gasteiger partial charge in [0.2, 0.25) is 11.6 Å². The largest absolute Gasteiger partial charge is 0.454 e. The van der Waals surface area contributed by atoms with Crippen LogP contribution in [0.5, 0.6) is 11.5 Å². The quantitative estimate of drug-likeness (QED) is 0.626. The molecule has 0 aliphatic carbocycles. The van der Waals surface area contributed by atoms with Gasteiger partial charge in [0, 0.05) is 12.6 Å². The van der Waals surface area contributed by atoms with Crippen molar-refractivity contribution >= 4 is 24.4 Å². The number of aromatic amines is 1. The lowest BCUT2D eigenvalue weighted by molar-refractivity contribution is 0.173. The number of benzene rings is 2. The second kappa shape index (κ2) is 7.85. The normalized spacial score (nSPS) is 18.7. The van der Waals surface area contributed by atoms with Gasteiger partial charge in [-0.15, -0.1) is 0 Å². The summed E-state index contributed by atoms with van der Waals surface area (Å²) in [6.45, 7) is 2.01. The van der Waals surface area contributed by atoms with Gasteiger partial charge in [-0.25, -0.2) is 4.68 Å². The van der Waals surface area contributed by atoms with Crippen LogP contribution in [0.25, 0.3) is 12.2 Å². The lowest BCUT2D eigenvalue weighted by Gasteiger charge is -2.25. The third-order valence-corrected chi connectivity index (χ3v) is 5.71. The van der Waals surface area contributed by atoms with Crippen molar-refractivity contribution < 1.29 is 9.47 Å². The van der Waals surface area contributed by atoms with Gasteiger partial charge in [0.1, 0.15) is 5.82 Å². The molecule has 1 saturated heterocycles. The van der Waals surface area contributed by atoms with Crippen molar-refractivity contribution in [2.45, 2.75) is 25.6 Å². The second-order valence-corrected chi connectivity index (χ2v) is 7.65. The summed E-state index contributed by atoms with van der Waals surface area (Å²) < 4.78 is 13.5. The van der Waals surface area contributed by atoms with Crippen LogP contribution in [0.1, 0.15) is 35.8 Å². The standard InChI is InChI=1S/C22H22N4O2S/c29-22-23-21(11-8-16-5-2-1-3-6-16)24-26(22)14-25-12-4-7-18(25)17-9-10-19-20(13-17)28-15-27-19/h1-3,5-6,8-11,13,18H,4,7,12,14-15H2,(H,23,24,29)/b11-8+. The van der Waals surface area contributed by atoms with E-state index in [1.165, 1.54) is 5.56 Å². The van der Waals surface area contributed by atoms with Gasteiger partial charge in [-0.3, -0.25) is 10.00 Å². The zero-order chi connectivity index (χ0) is 19.6. The van der Waals surface area contributed by atoms with Crippen molar-refractivity contribution in [2.75, 3.05) is 13.3 Å². The fourth-order valence-electron chi connectivity index (χ4n) is 3.96. The van der Waals surface area contributed by atoms with Crippen LogP contribution >= 0.6 is 12.2 Å². The van der Waals surface area contributed by atoms with Gasteiger partial charge in [0.05, 0.1) is 6.67 Å². The minimum absolute atomic E-state index is 0.301. The summed E-state index contributed by atoms with van der Waals surface area (Å²) in [6, 6.07) is 16.7. The highest BCUT2D eigenvalue weighted by atomic mass is 32.1. The topological polar surface area (TPSA) is 55.3 Å². The summed E-state index contributed by atoms with van der Waals surface area (Å²) in [7, 11) is 0. The molecule has 2 aliphatic heterocycles. The van der Waals surface area contributed by atoms with Crippen molar-refractivity contribution in [1.82, 2.24) is 19.7 Å². The molecule has 0 amide bonds. The zero-order valence-electron chi connectivity index (χ0n) is 16.0. The Kier molecular flexibility index (Phi) is 4.91. The molecule has 1 fully saturated rings. The smallest absolute Gasteiger partial charge is 0.231 e. The van der Waals surface area contributed by atoms with Crippen LogP contribution in [0, 0.1) is 4.77 Å². The summed E-state index contributed by atoms with van der Waals surface area (Å²) in [5.41, 5.74) is 2.38. The third-order valence-electron chi connectivity index (χ3n) is 5.40. The van der Waals surface area contributed by atoms with Crippen molar-refractivity contribution in [1.29, 1.82) is 0 Å². The molecule has 5 rings (SSSR count). The number of ether oxygens (including phenoxy) is 2.